The van der Waals surface area contributed by atoms with Crippen LogP contribution in [0.25, 0.3) is 16.2 Å². The number of nitrogens with zero attached hydrogens (tertiary/aromatic N) is 3. The average molecular weight is 374 g/mol. The molecule has 0 saturated carbocycles. The van der Waals surface area contributed by atoms with Gasteiger partial charge in [0.2, 0.25) is 0 Å². The van der Waals surface area contributed by atoms with Gasteiger partial charge >= 0.3 is 12.2 Å². The molecular weight excluding hydrogens is 356 g/mol. The first-order chi connectivity index (χ1) is 12.7. The molecule has 2 heterocycles. The molecule has 8 nitrogen and oxygen atoms in total. The van der Waals surface area contributed by atoms with Crippen LogP contribution in [0.4, 0.5) is 15.4 Å². The minimum atomic E-state index is -0.759. The van der Waals surface area contributed by atoms with Crippen molar-refractivity contribution in [2.45, 2.75) is 13.8 Å². The molecule has 0 radical (unpaired) electrons. The quantitative estimate of drug-likeness (QED) is 0.704. The fourth-order valence-corrected chi connectivity index (χ4v) is 3.11. The van der Waals surface area contributed by atoms with Gasteiger partial charge in [0.1, 0.15) is 5.69 Å². The highest BCUT2D eigenvalue weighted by Gasteiger charge is 2.28. The standard InChI is InChI=1S/C17H18N4O4S/c1-3-24-16(22)19-21(17(23)25-4-2)14-13(12-8-6-5-7-9-12)18-15-20(14)10-11-26-15/h5-11H,3-4H2,1-2H3,(H,19,22). The summed E-state index contributed by atoms with van der Waals surface area (Å²) in [5, 5.41) is 2.87. The molecule has 0 unspecified atom stereocenters. The second kappa shape index (κ2) is 7.87. The zero-order valence-corrected chi connectivity index (χ0v) is 15.2. The highest BCUT2D eigenvalue weighted by Crippen LogP contribution is 2.33. The summed E-state index contributed by atoms with van der Waals surface area (Å²) >= 11 is 1.42. The van der Waals surface area contributed by atoms with Crippen LogP contribution >= 0.6 is 11.3 Å². The number of hydrogen-bond acceptors (Lipinski definition) is 6. The van der Waals surface area contributed by atoms with E-state index in [9.17, 15) is 9.59 Å². The number of ether oxygens (including phenoxy) is 2. The predicted molar refractivity (Wildman–Crippen MR) is 98.2 cm³/mol. The molecule has 26 heavy (non-hydrogen) atoms. The number of carbonyl (C=O) groups is 2. The Morgan fingerprint density at radius 2 is 1.92 bits per heavy atom. The third-order valence-electron chi connectivity index (χ3n) is 3.42. The number of thiazole rings is 1. The van der Waals surface area contributed by atoms with E-state index in [1.165, 1.54) is 11.3 Å². The van der Waals surface area contributed by atoms with E-state index >= 15 is 0 Å². The van der Waals surface area contributed by atoms with Crippen LogP contribution in [-0.4, -0.2) is 34.8 Å². The van der Waals surface area contributed by atoms with Crippen LogP contribution in [0, 0.1) is 0 Å². The molecule has 0 spiro atoms. The summed E-state index contributed by atoms with van der Waals surface area (Å²) in [5.74, 6) is 0.374. The summed E-state index contributed by atoms with van der Waals surface area (Å²) in [6.45, 7) is 3.70. The van der Waals surface area contributed by atoms with Crippen LogP contribution in [0.3, 0.4) is 0 Å². The van der Waals surface area contributed by atoms with Gasteiger partial charge in [0.05, 0.1) is 13.2 Å². The molecule has 0 bridgehead atoms. The molecule has 0 atom stereocenters. The van der Waals surface area contributed by atoms with Gasteiger partial charge in [0, 0.05) is 17.1 Å². The Morgan fingerprint density at radius 3 is 2.62 bits per heavy atom. The third kappa shape index (κ3) is 3.47. The maximum atomic E-state index is 12.5. The Labute approximate surface area is 153 Å². The van der Waals surface area contributed by atoms with Crippen molar-refractivity contribution in [2.24, 2.45) is 0 Å². The smallest absolute Gasteiger partial charge is 0.435 e. The number of benzene rings is 1. The van der Waals surface area contributed by atoms with Crippen molar-refractivity contribution >= 4 is 34.3 Å². The van der Waals surface area contributed by atoms with Gasteiger partial charge in [-0.3, -0.25) is 4.40 Å². The van der Waals surface area contributed by atoms with E-state index in [4.69, 9.17) is 9.47 Å². The van der Waals surface area contributed by atoms with Gasteiger partial charge in [-0.2, -0.15) is 5.01 Å². The molecule has 1 aromatic carbocycles. The van der Waals surface area contributed by atoms with Crippen LogP contribution in [0.5, 0.6) is 0 Å². The zero-order valence-electron chi connectivity index (χ0n) is 14.3. The Hall–Kier alpha value is -3.07. The third-order valence-corrected chi connectivity index (χ3v) is 4.18. The molecule has 0 saturated heterocycles. The number of fused-ring (bicyclic) bond motifs is 1. The molecule has 2 amide bonds. The molecule has 1 N–H and O–H groups in total. The van der Waals surface area contributed by atoms with Gasteiger partial charge in [0.25, 0.3) is 0 Å². The van der Waals surface area contributed by atoms with Crippen LogP contribution in [-0.2, 0) is 9.47 Å². The predicted octanol–water partition coefficient (Wildman–Crippen LogP) is 3.69. The molecule has 0 aliphatic rings. The summed E-state index contributed by atoms with van der Waals surface area (Å²) in [5.41, 5.74) is 3.79. The number of hydrogen-bond donors (Lipinski definition) is 1. The summed E-state index contributed by atoms with van der Waals surface area (Å²) in [6, 6.07) is 9.40. The van der Waals surface area contributed by atoms with E-state index in [0.717, 1.165) is 10.6 Å². The largest absolute Gasteiger partial charge is 0.449 e. The second-order valence-electron chi connectivity index (χ2n) is 5.07. The number of carbonyl (C=O) groups excluding carboxylic acids is 2. The first kappa shape index (κ1) is 17.7. The van der Waals surface area contributed by atoms with Crippen molar-refractivity contribution in [3.63, 3.8) is 0 Å². The van der Waals surface area contributed by atoms with Crippen molar-refractivity contribution < 1.29 is 19.1 Å². The molecule has 3 aromatic rings. The lowest BCUT2D eigenvalue weighted by molar-refractivity contribution is 0.138. The van der Waals surface area contributed by atoms with Gasteiger partial charge < -0.3 is 9.47 Å². The summed E-state index contributed by atoms with van der Waals surface area (Å²) in [7, 11) is 0. The number of hydrazine groups is 1. The SMILES string of the molecule is CCOC(=O)NN(C(=O)OCC)c1c(-c2ccccc2)nc2sccn12. The Kier molecular flexibility index (Phi) is 5.37. The fourth-order valence-electron chi connectivity index (χ4n) is 2.40. The number of aromatic nitrogens is 2. The molecule has 0 fully saturated rings. The summed E-state index contributed by atoms with van der Waals surface area (Å²) in [4.78, 5) is 29.8. The van der Waals surface area contributed by atoms with Crippen molar-refractivity contribution in [3.8, 4) is 11.3 Å². The molecule has 2 aromatic heterocycles. The maximum Gasteiger partial charge on any atom is 0.435 e. The monoisotopic (exact) mass is 374 g/mol. The Balaban J connectivity index is 2.12. The van der Waals surface area contributed by atoms with Crippen molar-refractivity contribution in [2.75, 3.05) is 18.2 Å². The molecule has 3 rings (SSSR count). The minimum absolute atomic E-state index is 0.159. The molecule has 0 aliphatic carbocycles. The van der Waals surface area contributed by atoms with Crippen LogP contribution in [0.15, 0.2) is 41.9 Å². The second-order valence-corrected chi connectivity index (χ2v) is 5.95. The van der Waals surface area contributed by atoms with Crippen molar-refractivity contribution in [3.05, 3.63) is 41.9 Å². The molecule has 136 valence electrons. The molecule has 9 heteroatoms. The van der Waals surface area contributed by atoms with E-state index in [1.807, 2.05) is 35.7 Å². The molecule has 0 aliphatic heterocycles. The van der Waals surface area contributed by atoms with Gasteiger partial charge in [-0.1, -0.05) is 30.3 Å². The normalized spacial score (nSPS) is 10.5. The lowest BCUT2D eigenvalue weighted by Crippen LogP contribution is -2.47. The van der Waals surface area contributed by atoms with Crippen molar-refractivity contribution in [1.29, 1.82) is 0 Å². The van der Waals surface area contributed by atoms with Crippen LogP contribution in [0.2, 0.25) is 0 Å². The van der Waals surface area contributed by atoms with Crippen LogP contribution < -0.4 is 10.4 Å². The van der Waals surface area contributed by atoms with E-state index in [2.05, 4.69) is 10.4 Å². The number of imidazole rings is 1. The number of amides is 2. The summed E-state index contributed by atoms with van der Waals surface area (Å²) in [6.07, 6.45) is 0.281. The van der Waals surface area contributed by atoms with E-state index < -0.39 is 12.2 Å². The lowest BCUT2D eigenvalue weighted by Gasteiger charge is -2.22. The van der Waals surface area contributed by atoms with E-state index in [1.54, 1.807) is 24.4 Å². The van der Waals surface area contributed by atoms with Gasteiger partial charge in [-0.25, -0.2) is 20.0 Å². The zero-order chi connectivity index (χ0) is 18.5. The van der Waals surface area contributed by atoms with Crippen molar-refractivity contribution in [1.82, 2.24) is 14.8 Å². The average Bonchev–Trinajstić information content (AvgIpc) is 3.22. The Morgan fingerprint density at radius 1 is 1.19 bits per heavy atom. The fraction of sp³-hybridized carbons (Fsp3) is 0.235. The summed E-state index contributed by atoms with van der Waals surface area (Å²) < 4.78 is 11.7. The van der Waals surface area contributed by atoms with Gasteiger partial charge in [-0.05, 0) is 13.8 Å². The first-order valence-corrected chi connectivity index (χ1v) is 8.95. The van der Waals surface area contributed by atoms with E-state index in [0.29, 0.717) is 16.5 Å². The van der Waals surface area contributed by atoms with Crippen LogP contribution in [0.1, 0.15) is 13.8 Å². The number of rotatable bonds is 4. The highest BCUT2D eigenvalue weighted by molar-refractivity contribution is 7.15. The topological polar surface area (TPSA) is 85.2 Å². The molecular formula is C17H18N4O4S. The van der Waals surface area contributed by atoms with E-state index in [-0.39, 0.29) is 13.2 Å². The minimum Gasteiger partial charge on any atom is -0.449 e. The van der Waals surface area contributed by atoms with Gasteiger partial charge in [0.15, 0.2) is 10.8 Å². The number of anilines is 1. The maximum absolute atomic E-state index is 12.5. The van der Waals surface area contributed by atoms with Gasteiger partial charge in [-0.15, -0.1) is 11.3 Å². The number of nitrogens with one attached hydrogen (secondary N) is 1. The highest BCUT2D eigenvalue weighted by atomic mass is 32.1. The Bertz CT molecular complexity index is 906. The lowest BCUT2D eigenvalue weighted by atomic mass is 10.1. The first-order valence-electron chi connectivity index (χ1n) is 8.07.